The molecule has 3 aromatic rings. The van der Waals surface area contributed by atoms with Gasteiger partial charge in [-0.1, -0.05) is 51.4 Å². The second-order valence-corrected chi connectivity index (χ2v) is 5.43. The Hall–Kier alpha value is -2.14. The van der Waals surface area contributed by atoms with Gasteiger partial charge in [-0.3, -0.25) is 0 Å². The summed E-state index contributed by atoms with van der Waals surface area (Å²) in [5.74, 6) is 1.97. The molecule has 2 aromatic carbocycles. The molecular formula is C16H13BrN2O2. The summed E-state index contributed by atoms with van der Waals surface area (Å²) in [6.45, 7) is 0. The van der Waals surface area contributed by atoms with Gasteiger partial charge in [0.05, 0.1) is 13.5 Å². The van der Waals surface area contributed by atoms with Crippen molar-refractivity contribution in [3.8, 4) is 17.1 Å². The monoisotopic (exact) mass is 344 g/mol. The summed E-state index contributed by atoms with van der Waals surface area (Å²) in [5, 5.41) is 4.03. The normalized spacial score (nSPS) is 10.6. The van der Waals surface area contributed by atoms with Crippen LogP contribution in [0.1, 0.15) is 11.5 Å². The molecule has 0 saturated heterocycles. The van der Waals surface area contributed by atoms with Crippen molar-refractivity contribution in [2.24, 2.45) is 0 Å². The van der Waals surface area contributed by atoms with E-state index in [-0.39, 0.29) is 0 Å². The summed E-state index contributed by atoms with van der Waals surface area (Å²) < 4.78 is 11.6. The van der Waals surface area contributed by atoms with Gasteiger partial charge in [-0.15, -0.1) is 0 Å². The fourth-order valence-electron chi connectivity index (χ4n) is 2.08. The molecule has 106 valence electrons. The molecule has 0 spiro atoms. The second-order valence-electron chi connectivity index (χ2n) is 4.51. The van der Waals surface area contributed by atoms with Crippen molar-refractivity contribution in [3.05, 3.63) is 64.5 Å². The van der Waals surface area contributed by atoms with Gasteiger partial charge in [-0.2, -0.15) is 4.98 Å². The Morgan fingerprint density at radius 2 is 2.00 bits per heavy atom. The summed E-state index contributed by atoms with van der Waals surface area (Å²) in [4.78, 5) is 4.44. The van der Waals surface area contributed by atoms with Crippen LogP contribution >= 0.6 is 15.9 Å². The van der Waals surface area contributed by atoms with Crippen LogP contribution in [0.3, 0.4) is 0 Å². The van der Waals surface area contributed by atoms with Crippen molar-refractivity contribution < 1.29 is 9.26 Å². The minimum atomic E-state index is 0.547. The Balaban J connectivity index is 1.85. The molecule has 1 aromatic heterocycles. The Kier molecular flexibility index (Phi) is 4.01. The maximum Gasteiger partial charge on any atom is 0.231 e. The first kappa shape index (κ1) is 13.8. The third-order valence-corrected chi connectivity index (χ3v) is 3.58. The van der Waals surface area contributed by atoms with Gasteiger partial charge in [0.15, 0.2) is 0 Å². The molecule has 0 N–H and O–H groups in total. The van der Waals surface area contributed by atoms with Gasteiger partial charge in [0.25, 0.3) is 0 Å². The van der Waals surface area contributed by atoms with E-state index in [1.54, 1.807) is 7.11 Å². The molecule has 0 aliphatic carbocycles. The molecule has 0 unspecified atom stereocenters. The smallest absolute Gasteiger partial charge is 0.231 e. The van der Waals surface area contributed by atoms with Gasteiger partial charge in [-0.25, -0.2) is 0 Å². The summed E-state index contributed by atoms with van der Waals surface area (Å²) in [6, 6.07) is 15.6. The number of ether oxygens (including phenoxy) is 1. The van der Waals surface area contributed by atoms with E-state index in [1.165, 1.54) is 0 Å². The molecule has 21 heavy (non-hydrogen) atoms. The average molecular weight is 345 g/mol. The van der Waals surface area contributed by atoms with E-state index in [1.807, 2.05) is 48.5 Å². The van der Waals surface area contributed by atoms with Gasteiger partial charge >= 0.3 is 0 Å². The molecule has 3 rings (SSSR count). The number of benzene rings is 2. The predicted octanol–water partition coefficient (Wildman–Crippen LogP) is 4.10. The van der Waals surface area contributed by atoms with E-state index in [0.717, 1.165) is 21.3 Å². The molecule has 0 aliphatic rings. The van der Waals surface area contributed by atoms with Crippen LogP contribution in [0, 0.1) is 0 Å². The number of methoxy groups -OCH3 is 1. The van der Waals surface area contributed by atoms with Gasteiger partial charge < -0.3 is 9.26 Å². The van der Waals surface area contributed by atoms with E-state index < -0.39 is 0 Å². The Bertz CT molecular complexity index is 755. The van der Waals surface area contributed by atoms with E-state index in [4.69, 9.17) is 9.26 Å². The number of rotatable bonds is 4. The zero-order valence-corrected chi connectivity index (χ0v) is 13.0. The average Bonchev–Trinajstić information content (AvgIpc) is 2.96. The third kappa shape index (κ3) is 3.13. The van der Waals surface area contributed by atoms with Crippen LogP contribution in [0.5, 0.6) is 5.75 Å². The molecule has 0 bridgehead atoms. The van der Waals surface area contributed by atoms with Crippen LogP contribution in [0.4, 0.5) is 0 Å². The minimum absolute atomic E-state index is 0.547. The number of hydrogen-bond acceptors (Lipinski definition) is 4. The maximum atomic E-state index is 5.33. The summed E-state index contributed by atoms with van der Waals surface area (Å²) in [7, 11) is 1.65. The van der Waals surface area contributed by atoms with Crippen LogP contribution in [-0.4, -0.2) is 17.3 Å². The van der Waals surface area contributed by atoms with Crippen LogP contribution in [-0.2, 0) is 6.42 Å². The second kappa shape index (κ2) is 6.10. The fraction of sp³-hybridized carbons (Fsp3) is 0.125. The summed E-state index contributed by atoms with van der Waals surface area (Å²) >= 11 is 3.44. The molecule has 0 atom stereocenters. The van der Waals surface area contributed by atoms with Crippen molar-refractivity contribution in [1.82, 2.24) is 10.1 Å². The first-order valence-electron chi connectivity index (χ1n) is 6.46. The first-order chi connectivity index (χ1) is 10.3. The largest absolute Gasteiger partial charge is 0.496 e. The molecule has 0 amide bonds. The zero-order chi connectivity index (χ0) is 14.7. The first-order valence-corrected chi connectivity index (χ1v) is 7.26. The highest BCUT2D eigenvalue weighted by molar-refractivity contribution is 9.10. The minimum Gasteiger partial charge on any atom is -0.496 e. The van der Waals surface area contributed by atoms with Gasteiger partial charge in [-0.05, 0) is 18.2 Å². The lowest BCUT2D eigenvalue weighted by Crippen LogP contribution is -1.93. The molecule has 1 heterocycles. The van der Waals surface area contributed by atoms with Gasteiger partial charge in [0.2, 0.25) is 11.7 Å². The fourth-order valence-corrected chi connectivity index (χ4v) is 2.48. The maximum absolute atomic E-state index is 5.33. The Morgan fingerprint density at radius 1 is 1.14 bits per heavy atom. The van der Waals surface area contributed by atoms with Crippen LogP contribution in [0.25, 0.3) is 11.4 Å². The van der Waals surface area contributed by atoms with Gasteiger partial charge in [0.1, 0.15) is 5.75 Å². The highest BCUT2D eigenvalue weighted by Crippen LogP contribution is 2.23. The van der Waals surface area contributed by atoms with Crippen molar-refractivity contribution >= 4 is 15.9 Å². The molecule has 0 aliphatic heterocycles. The van der Waals surface area contributed by atoms with E-state index in [9.17, 15) is 0 Å². The highest BCUT2D eigenvalue weighted by atomic mass is 79.9. The van der Waals surface area contributed by atoms with Crippen molar-refractivity contribution in [2.75, 3.05) is 7.11 Å². The highest BCUT2D eigenvalue weighted by Gasteiger charge is 2.11. The SMILES string of the molecule is COc1ccccc1Cc1nc(-c2cccc(Br)c2)no1. The number of nitrogens with zero attached hydrogens (tertiary/aromatic N) is 2. The zero-order valence-electron chi connectivity index (χ0n) is 11.4. The van der Waals surface area contributed by atoms with Gasteiger partial charge in [0, 0.05) is 15.6 Å². The van der Waals surface area contributed by atoms with Crippen LogP contribution in [0.2, 0.25) is 0 Å². The summed E-state index contributed by atoms with van der Waals surface area (Å²) in [5.41, 5.74) is 1.93. The Morgan fingerprint density at radius 3 is 2.81 bits per heavy atom. The number of aromatic nitrogens is 2. The van der Waals surface area contributed by atoms with E-state index >= 15 is 0 Å². The molecule has 0 saturated carbocycles. The molecule has 4 nitrogen and oxygen atoms in total. The van der Waals surface area contributed by atoms with Crippen molar-refractivity contribution in [1.29, 1.82) is 0 Å². The third-order valence-electron chi connectivity index (χ3n) is 3.09. The number of hydrogen-bond donors (Lipinski definition) is 0. The van der Waals surface area contributed by atoms with E-state index in [0.29, 0.717) is 18.1 Å². The molecule has 5 heteroatoms. The van der Waals surface area contributed by atoms with Crippen LogP contribution in [0.15, 0.2) is 57.5 Å². The molecular weight excluding hydrogens is 332 g/mol. The lowest BCUT2D eigenvalue weighted by atomic mass is 10.1. The topological polar surface area (TPSA) is 48.2 Å². The Labute approximate surface area is 130 Å². The van der Waals surface area contributed by atoms with Crippen molar-refractivity contribution in [2.45, 2.75) is 6.42 Å². The number of para-hydroxylation sites is 1. The lowest BCUT2D eigenvalue weighted by Gasteiger charge is -2.04. The standard InChI is InChI=1S/C16H13BrN2O2/c1-20-14-8-3-2-5-11(14)10-15-18-16(19-21-15)12-6-4-7-13(17)9-12/h2-9H,10H2,1H3. The number of halogens is 1. The quantitative estimate of drug-likeness (QED) is 0.714. The van der Waals surface area contributed by atoms with Crippen molar-refractivity contribution in [3.63, 3.8) is 0 Å². The summed E-state index contributed by atoms with van der Waals surface area (Å²) in [6.07, 6.45) is 0.547. The molecule has 0 fully saturated rings. The lowest BCUT2D eigenvalue weighted by molar-refractivity contribution is 0.379. The van der Waals surface area contributed by atoms with E-state index in [2.05, 4.69) is 26.1 Å². The molecule has 0 radical (unpaired) electrons. The predicted molar refractivity (Wildman–Crippen MR) is 83.2 cm³/mol. The van der Waals surface area contributed by atoms with Crippen LogP contribution < -0.4 is 4.74 Å².